The fourth-order valence-electron chi connectivity index (χ4n) is 7.63. The highest BCUT2D eigenvalue weighted by Crippen LogP contribution is 2.49. The number of carbonyl (C=O) groups is 4. The second-order valence-electron chi connectivity index (χ2n) is 16.6. The topological polar surface area (TPSA) is 192 Å². The number of benzene rings is 1. The molecular weight excluding hydrogens is 766 g/mol. The van der Waals surface area contributed by atoms with E-state index in [-0.39, 0.29) is 49.9 Å². The number of methoxy groups -OCH3 is 2. The molecule has 6 rings (SSSR count). The first kappa shape index (κ1) is 41.3. The van der Waals surface area contributed by atoms with Crippen LogP contribution in [0.1, 0.15) is 79.6 Å². The summed E-state index contributed by atoms with van der Waals surface area (Å²) in [6, 6.07) is 3.06. The Labute approximate surface area is 332 Å². The lowest BCUT2D eigenvalue weighted by atomic mass is 9.88. The number of alkyl carbamates (subject to hydrolysis) is 1. The van der Waals surface area contributed by atoms with Crippen molar-refractivity contribution < 1.29 is 46.5 Å². The van der Waals surface area contributed by atoms with Gasteiger partial charge in [0.25, 0.3) is 15.9 Å². The Morgan fingerprint density at radius 2 is 1.80 bits per heavy atom. The molecule has 2 aromatic rings. The van der Waals surface area contributed by atoms with Crippen molar-refractivity contribution in [2.45, 2.75) is 113 Å². The van der Waals surface area contributed by atoms with Crippen molar-refractivity contribution in [2.75, 3.05) is 20.8 Å². The van der Waals surface area contributed by atoms with Gasteiger partial charge in [0.15, 0.2) is 4.21 Å². The normalized spacial score (nSPS) is 29.7. The van der Waals surface area contributed by atoms with E-state index in [0.29, 0.717) is 35.1 Å². The summed E-state index contributed by atoms with van der Waals surface area (Å²) in [5.41, 5.74) is -2.44. The van der Waals surface area contributed by atoms with Gasteiger partial charge in [0.2, 0.25) is 17.7 Å². The van der Waals surface area contributed by atoms with Crippen LogP contribution >= 0.6 is 11.6 Å². The van der Waals surface area contributed by atoms with Crippen molar-refractivity contribution in [3.05, 3.63) is 36.5 Å². The van der Waals surface area contributed by atoms with E-state index >= 15 is 0 Å². The fraction of sp³-hybridized carbons (Fsp3) is 0.615. The summed E-state index contributed by atoms with van der Waals surface area (Å²) in [6.45, 7) is 9.04. The number of nitrogens with one attached hydrogen (secondary N) is 3. The lowest BCUT2D eigenvalue weighted by Crippen LogP contribution is -2.59. The van der Waals surface area contributed by atoms with Gasteiger partial charge in [0, 0.05) is 23.1 Å². The zero-order chi connectivity index (χ0) is 40.8. The van der Waals surface area contributed by atoms with Crippen LogP contribution in [0.4, 0.5) is 4.79 Å². The summed E-state index contributed by atoms with van der Waals surface area (Å²) in [4.78, 5) is 62.3. The first-order valence-corrected chi connectivity index (χ1v) is 20.9. The Morgan fingerprint density at radius 1 is 1.07 bits per heavy atom. The van der Waals surface area contributed by atoms with Crippen molar-refractivity contribution in [3.8, 4) is 17.4 Å². The van der Waals surface area contributed by atoms with Crippen molar-refractivity contribution in [1.29, 1.82) is 0 Å². The Balaban J connectivity index is 1.36. The van der Waals surface area contributed by atoms with Gasteiger partial charge in [-0.2, -0.15) is 0 Å². The van der Waals surface area contributed by atoms with Gasteiger partial charge in [0.1, 0.15) is 40.8 Å². The van der Waals surface area contributed by atoms with E-state index < -0.39 is 73.3 Å². The van der Waals surface area contributed by atoms with Crippen molar-refractivity contribution in [2.24, 2.45) is 17.8 Å². The maximum Gasteiger partial charge on any atom is 0.408 e. The molecule has 7 atom stereocenters. The maximum atomic E-state index is 14.8. The minimum atomic E-state index is -4.24. The minimum Gasteiger partial charge on any atom is -0.497 e. The average Bonchev–Trinajstić information content (AvgIpc) is 4.01. The van der Waals surface area contributed by atoms with Gasteiger partial charge in [-0.05, 0) is 89.3 Å². The van der Waals surface area contributed by atoms with Gasteiger partial charge >= 0.3 is 6.09 Å². The Kier molecular flexibility index (Phi) is 11.5. The fourth-order valence-corrected chi connectivity index (χ4v) is 9.09. The molecule has 0 radical (unpaired) electrons. The SMILES string of the molecule is COc1ccc2c(O[C@@H]3C[C@H]4C(=O)N[C@]5(C(=O)NS(=O)(=O)C6(Cl)CC6)C[C@H]5/C=C\CC[C@@H](C)C[C@@H](C)[C@H](NC(=O)OC(C)(C)C)C(=O)N4C3)ncc(OC)c2c1. The van der Waals surface area contributed by atoms with Crippen LogP contribution in [-0.4, -0.2) is 96.4 Å². The molecule has 3 fully saturated rings. The third-order valence-corrected chi connectivity index (χ3v) is 13.8. The molecule has 0 bridgehead atoms. The van der Waals surface area contributed by atoms with Gasteiger partial charge < -0.3 is 34.5 Å². The minimum absolute atomic E-state index is 0.00579. The number of rotatable bonds is 8. The zero-order valence-electron chi connectivity index (χ0n) is 32.8. The lowest BCUT2D eigenvalue weighted by Gasteiger charge is -2.33. The second-order valence-corrected chi connectivity index (χ2v) is 19.5. The highest BCUT2D eigenvalue weighted by Gasteiger charge is 2.63. The maximum absolute atomic E-state index is 14.8. The van der Waals surface area contributed by atoms with Crippen LogP contribution in [0, 0.1) is 17.8 Å². The predicted octanol–water partition coefficient (Wildman–Crippen LogP) is 4.56. The van der Waals surface area contributed by atoms with Crippen molar-refractivity contribution in [3.63, 3.8) is 0 Å². The molecule has 2 saturated carbocycles. The van der Waals surface area contributed by atoms with E-state index in [0.717, 1.165) is 6.42 Å². The van der Waals surface area contributed by atoms with Crippen molar-refractivity contribution in [1.82, 2.24) is 25.2 Å². The van der Waals surface area contributed by atoms with E-state index in [9.17, 15) is 27.6 Å². The summed E-state index contributed by atoms with van der Waals surface area (Å²) in [6.07, 6.45) is 6.23. The van der Waals surface area contributed by atoms with Crippen LogP contribution in [-0.2, 0) is 29.1 Å². The molecular formula is C39H52ClN5O10S. The summed E-state index contributed by atoms with van der Waals surface area (Å²) >= 11 is 6.23. The number of nitrogens with zero attached hydrogens (tertiary/aromatic N) is 2. The van der Waals surface area contributed by atoms with Crippen molar-refractivity contribution >= 4 is 56.2 Å². The highest BCUT2D eigenvalue weighted by molar-refractivity contribution is 7.93. The summed E-state index contributed by atoms with van der Waals surface area (Å²) < 4.78 is 49.7. The van der Waals surface area contributed by atoms with E-state index in [1.807, 2.05) is 19.1 Å². The van der Waals surface area contributed by atoms with Gasteiger partial charge in [-0.1, -0.05) is 37.6 Å². The third kappa shape index (κ3) is 8.65. The molecule has 17 heteroatoms. The number of ether oxygens (including phenoxy) is 4. The first-order chi connectivity index (χ1) is 26.3. The number of aromatic nitrogens is 1. The highest BCUT2D eigenvalue weighted by atomic mass is 35.5. The Hall–Kier alpha value is -4.31. The summed E-state index contributed by atoms with van der Waals surface area (Å²) in [5.74, 6) is -1.53. The van der Waals surface area contributed by atoms with E-state index in [1.165, 1.54) is 18.2 Å². The molecule has 4 aliphatic rings. The number of carbonyl (C=O) groups excluding carboxylic acids is 4. The number of allylic oxidation sites excluding steroid dienone is 1. The molecule has 3 heterocycles. The van der Waals surface area contributed by atoms with Gasteiger partial charge in [0.05, 0.1) is 27.0 Å². The van der Waals surface area contributed by atoms with Gasteiger partial charge in [-0.25, -0.2) is 22.9 Å². The van der Waals surface area contributed by atoms with Crippen LogP contribution in [0.3, 0.4) is 0 Å². The van der Waals surface area contributed by atoms with Crippen LogP contribution in [0.25, 0.3) is 10.8 Å². The molecule has 0 spiro atoms. The molecule has 2 aliphatic carbocycles. The van der Waals surface area contributed by atoms with E-state index in [1.54, 1.807) is 46.1 Å². The number of sulfonamides is 1. The molecule has 56 heavy (non-hydrogen) atoms. The van der Waals surface area contributed by atoms with Crippen LogP contribution in [0.15, 0.2) is 36.5 Å². The quantitative estimate of drug-likeness (QED) is 0.250. The zero-order valence-corrected chi connectivity index (χ0v) is 34.4. The second kappa shape index (κ2) is 15.6. The van der Waals surface area contributed by atoms with Crippen LogP contribution < -0.4 is 29.6 Å². The monoisotopic (exact) mass is 817 g/mol. The number of alkyl halides is 1. The van der Waals surface area contributed by atoms with Crippen LogP contribution in [0.5, 0.6) is 17.4 Å². The molecule has 3 N–H and O–H groups in total. The first-order valence-electron chi connectivity index (χ1n) is 19.0. The number of fused-ring (bicyclic) bond motifs is 3. The predicted molar refractivity (Wildman–Crippen MR) is 208 cm³/mol. The lowest BCUT2D eigenvalue weighted by molar-refractivity contribution is -0.142. The Bertz CT molecular complexity index is 2020. The molecule has 2 aliphatic heterocycles. The number of hydrogen-bond donors (Lipinski definition) is 3. The molecule has 4 amide bonds. The molecule has 0 unspecified atom stereocenters. The van der Waals surface area contributed by atoms with Crippen LogP contribution in [0.2, 0.25) is 0 Å². The van der Waals surface area contributed by atoms with Gasteiger partial charge in [-0.15, -0.1) is 0 Å². The molecule has 1 aromatic heterocycles. The molecule has 15 nitrogen and oxygen atoms in total. The summed E-state index contributed by atoms with van der Waals surface area (Å²) in [5, 5.41) is 6.93. The number of pyridine rings is 1. The molecule has 1 saturated heterocycles. The Morgan fingerprint density at radius 3 is 2.46 bits per heavy atom. The van der Waals surface area contributed by atoms with E-state index in [2.05, 4.69) is 27.3 Å². The smallest absolute Gasteiger partial charge is 0.408 e. The average molecular weight is 818 g/mol. The third-order valence-electron chi connectivity index (χ3n) is 11.0. The molecule has 1 aromatic carbocycles. The largest absolute Gasteiger partial charge is 0.497 e. The standard InChI is InChI=1S/C39H52ClN5O10S/c1-22-10-8-9-11-24-19-39(24,35(48)44-56(50,51)38(40)14-15-38)43-32(46)29-18-26(54-33-27-13-12-25(52-6)17-28(27)30(53-7)20-41-33)21-45(29)34(47)31(23(2)16-22)42-36(49)55-37(3,4)5/h9,11-13,17,20,22-24,26,29,31H,8,10,14-16,18-19,21H2,1-7H3,(H,42,49)(H,43,46)(H,44,48)/b11-9-/t22-,23-,24-,26-,29+,31+,39-/m1/s1. The molecule has 306 valence electrons. The number of amides is 4. The van der Waals surface area contributed by atoms with Gasteiger partial charge in [-0.3, -0.25) is 14.4 Å². The number of hydrogen-bond acceptors (Lipinski definition) is 11. The number of halogens is 1. The van der Waals surface area contributed by atoms with E-state index in [4.69, 9.17) is 30.5 Å². The summed E-state index contributed by atoms with van der Waals surface area (Å²) in [7, 11) is -1.17.